The zero-order valence-electron chi connectivity index (χ0n) is 16.7. The summed E-state index contributed by atoms with van der Waals surface area (Å²) in [6.07, 6.45) is 3.34. The number of nitrogens with zero attached hydrogens (tertiary/aromatic N) is 1. The first kappa shape index (κ1) is 19.9. The summed E-state index contributed by atoms with van der Waals surface area (Å²) in [5.41, 5.74) is 3.40. The van der Waals surface area contributed by atoms with Crippen LogP contribution in [0.2, 0.25) is 0 Å². The third-order valence-electron chi connectivity index (χ3n) is 5.06. The van der Waals surface area contributed by atoms with Crippen LogP contribution in [0.15, 0.2) is 48.5 Å². The summed E-state index contributed by atoms with van der Waals surface area (Å²) in [6.45, 7) is 6.01. The number of benzene rings is 2. The van der Waals surface area contributed by atoms with Crippen LogP contribution in [0.5, 0.6) is 0 Å². The summed E-state index contributed by atoms with van der Waals surface area (Å²) >= 11 is 0. The van der Waals surface area contributed by atoms with Crippen LogP contribution in [0.25, 0.3) is 0 Å². The van der Waals surface area contributed by atoms with Crippen molar-refractivity contribution >= 4 is 23.2 Å². The number of rotatable bonds is 6. The number of piperidine rings is 1. The van der Waals surface area contributed by atoms with Crippen molar-refractivity contribution in [3.63, 3.8) is 0 Å². The molecule has 0 spiro atoms. The van der Waals surface area contributed by atoms with Gasteiger partial charge in [0.2, 0.25) is 5.91 Å². The maximum absolute atomic E-state index is 12.7. The van der Waals surface area contributed by atoms with E-state index in [1.165, 1.54) is 6.42 Å². The molecule has 28 heavy (non-hydrogen) atoms. The summed E-state index contributed by atoms with van der Waals surface area (Å²) in [4.78, 5) is 26.9. The highest BCUT2D eigenvalue weighted by molar-refractivity contribution is 5.96. The highest BCUT2D eigenvalue weighted by atomic mass is 16.2. The van der Waals surface area contributed by atoms with Crippen molar-refractivity contribution in [1.29, 1.82) is 0 Å². The second-order valence-corrected chi connectivity index (χ2v) is 7.58. The highest BCUT2D eigenvalue weighted by Gasteiger charge is 2.18. The van der Waals surface area contributed by atoms with Crippen LogP contribution in [0.1, 0.15) is 54.9 Å². The molecule has 1 saturated heterocycles. The maximum atomic E-state index is 12.7. The number of hydrogen-bond donors (Lipinski definition) is 2. The van der Waals surface area contributed by atoms with E-state index in [2.05, 4.69) is 24.5 Å². The number of anilines is 2. The van der Waals surface area contributed by atoms with Gasteiger partial charge in [-0.3, -0.25) is 9.59 Å². The summed E-state index contributed by atoms with van der Waals surface area (Å²) < 4.78 is 0. The zero-order valence-corrected chi connectivity index (χ0v) is 16.7. The van der Waals surface area contributed by atoms with Crippen LogP contribution in [-0.2, 0) is 4.79 Å². The first-order valence-electron chi connectivity index (χ1n) is 10.1. The van der Waals surface area contributed by atoms with Gasteiger partial charge in [-0.1, -0.05) is 38.1 Å². The van der Waals surface area contributed by atoms with Crippen molar-refractivity contribution in [2.45, 2.75) is 39.0 Å². The van der Waals surface area contributed by atoms with E-state index in [0.717, 1.165) is 42.9 Å². The van der Waals surface area contributed by atoms with Crippen LogP contribution in [0, 0.1) is 0 Å². The Labute approximate surface area is 167 Å². The number of hydrogen-bond acceptors (Lipinski definition) is 3. The quantitative estimate of drug-likeness (QED) is 0.777. The van der Waals surface area contributed by atoms with E-state index in [1.807, 2.05) is 53.4 Å². The Kier molecular flexibility index (Phi) is 6.69. The monoisotopic (exact) mass is 379 g/mol. The summed E-state index contributed by atoms with van der Waals surface area (Å²) in [5, 5.41) is 6.10. The molecule has 0 unspecified atom stereocenters. The molecule has 0 atom stereocenters. The normalized spacial score (nSPS) is 14.0. The molecule has 3 rings (SSSR count). The first-order chi connectivity index (χ1) is 13.5. The Hall–Kier alpha value is -2.82. The second-order valence-electron chi connectivity index (χ2n) is 7.58. The van der Waals surface area contributed by atoms with Crippen molar-refractivity contribution in [2.24, 2.45) is 0 Å². The largest absolute Gasteiger partial charge is 0.376 e. The Morgan fingerprint density at radius 1 is 1.00 bits per heavy atom. The molecule has 2 amide bonds. The van der Waals surface area contributed by atoms with Crippen LogP contribution in [0.4, 0.5) is 11.4 Å². The lowest BCUT2D eigenvalue weighted by atomic mass is 10.0. The van der Waals surface area contributed by atoms with Gasteiger partial charge in [0.05, 0.1) is 6.54 Å². The van der Waals surface area contributed by atoms with Crippen molar-refractivity contribution in [2.75, 3.05) is 30.3 Å². The van der Waals surface area contributed by atoms with Gasteiger partial charge in [-0.2, -0.15) is 0 Å². The van der Waals surface area contributed by atoms with Crippen LogP contribution >= 0.6 is 0 Å². The Balaban J connectivity index is 1.59. The van der Waals surface area contributed by atoms with E-state index < -0.39 is 0 Å². The topological polar surface area (TPSA) is 61.4 Å². The zero-order chi connectivity index (χ0) is 19.9. The minimum atomic E-state index is -0.110. The molecule has 2 N–H and O–H groups in total. The summed E-state index contributed by atoms with van der Waals surface area (Å²) in [6, 6.07) is 15.2. The first-order valence-corrected chi connectivity index (χ1v) is 10.1. The maximum Gasteiger partial charge on any atom is 0.253 e. The van der Waals surface area contributed by atoms with Crippen molar-refractivity contribution in [1.82, 2.24) is 4.90 Å². The average Bonchev–Trinajstić information content (AvgIpc) is 2.73. The molecule has 1 heterocycles. The van der Waals surface area contributed by atoms with E-state index in [4.69, 9.17) is 0 Å². The molecule has 2 aromatic rings. The summed E-state index contributed by atoms with van der Waals surface area (Å²) in [5.74, 6) is 0.293. The Morgan fingerprint density at radius 2 is 1.75 bits per heavy atom. The fourth-order valence-corrected chi connectivity index (χ4v) is 3.53. The number of nitrogens with one attached hydrogen (secondary N) is 2. The predicted octanol–water partition coefficient (Wildman–Crippen LogP) is 4.49. The van der Waals surface area contributed by atoms with Crippen molar-refractivity contribution < 1.29 is 9.59 Å². The molecule has 0 aromatic heterocycles. The lowest BCUT2D eigenvalue weighted by Gasteiger charge is -2.26. The molecule has 1 fully saturated rings. The van der Waals surface area contributed by atoms with Crippen molar-refractivity contribution in [3.8, 4) is 0 Å². The number of para-hydroxylation sites is 1. The van der Waals surface area contributed by atoms with Crippen LogP contribution in [-0.4, -0.2) is 36.3 Å². The highest BCUT2D eigenvalue weighted by Crippen LogP contribution is 2.23. The van der Waals surface area contributed by atoms with Gasteiger partial charge < -0.3 is 15.5 Å². The third-order valence-corrected chi connectivity index (χ3v) is 5.06. The van der Waals surface area contributed by atoms with Crippen molar-refractivity contribution in [3.05, 3.63) is 59.7 Å². The fourth-order valence-electron chi connectivity index (χ4n) is 3.53. The van der Waals surface area contributed by atoms with Gasteiger partial charge in [-0.25, -0.2) is 0 Å². The van der Waals surface area contributed by atoms with E-state index in [1.54, 1.807) is 0 Å². The molecule has 5 nitrogen and oxygen atoms in total. The number of carbonyl (C=O) groups excluding carboxylic acids is 2. The molecular weight excluding hydrogens is 350 g/mol. The number of carbonyl (C=O) groups is 2. The standard InChI is InChI=1S/C23H29N3O2/c1-17(2)20-11-4-5-12-21(20)25-22(27)16-24-19-10-8-9-18(15-19)23(28)26-13-6-3-7-14-26/h4-5,8-12,15,17,24H,3,6-7,13-14,16H2,1-2H3,(H,25,27). The number of likely N-dealkylation sites (tertiary alicyclic amines) is 1. The van der Waals surface area contributed by atoms with E-state index in [9.17, 15) is 9.59 Å². The Morgan fingerprint density at radius 3 is 2.50 bits per heavy atom. The molecule has 0 bridgehead atoms. The van der Waals surface area contributed by atoms with Gasteiger partial charge in [-0.05, 0) is 55.0 Å². The Bertz CT molecular complexity index is 826. The van der Waals surface area contributed by atoms with Gasteiger partial charge in [0, 0.05) is 30.0 Å². The SMILES string of the molecule is CC(C)c1ccccc1NC(=O)CNc1cccc(C(=O)N2CCCCC2)c1. The van der Waals surface area contributed by atoms with E-state index >= 15 is 0 Å². The van der Waals surface area contributed by atoms with Gasteiger partial charge in [-0.15, -0.1) is 0 Å². The van der Waals surface area contributed by atoms with Crippen LogP contribution < -0.4 is 10.6 Å². The molecular formula is C23H29N3O2. The second kappa shape index (κ2) is 9.40. The molecule has 0 radical (unpaired) electrons. The van der Waals surface area contributed by atoms with Gasteiger partial charge in [0.1, 0.15) is 0 Å². The number of amides is 2. The minimum absolute atomic E-state index is 0.0682. The van der Waals surface area contributed by atoms with E-state index in [0.29, 0.717) is 11.5 Å². The fraction of sp³-hybridized carbons (Fsp3) is 0.391. The molecule has 1 aliphatic rings. The smallest absolute Gasteiger partial charge is 0.253 e. The third kappa shape index (κ3) is 5.12. The lowest BCUT2D eigenvalue weighted by molar-refractivity contribution is -0.114. The lowest BCUT2D eigenvalue weighted by Crippen LogP contribution is -2.35. The van der Waals surface area contributed by atoms with Crippen LogP contribution in [0.3, 0.4) is 0 Å². The molecule has 148 valence electrons. The summed E-state index contributed by atoms with van der Waals surface area (Å²) in [7, 11) is 0. The molecule has 5 heteroatoms. The van der Waals surface area contributed by atoms with Gasteiger partial charge in [0.25, 0.3) is 5.91 Å². The minimum Gasteiger partial charge on any atom is -0.376 e. The van der Waals surface area contributed by atoms with Gasteiger partial charge >= 0.3 is 0 Å². The molecule has 1 aliphatic heterocycles. The predicted molar refractivity (Wildman–Crippen MR) is 114 cm³/mol. The van der Waals surface area contributed by atoms with E-state index in [-0.39, 0.29) is 18.4 Å². The molecule has 2 aromatic carbocycles. The average molecular weight is 380 g/mol. The molecule has 0 saturated carbocycles. The van der Waals surface area contributed by atoms with Gasteiger partial charge in [0.15, 0.2) is 0 Å². The molecule has 0 aliphatic carbocycles.